The van der Waals surface area contributed by atoms with Crippen LogP contribution in [-0.2, 0) is 0 Å². The molecule has 4 heteroatoms. The van der Waals surface area contributed by atoms with Gasteiger partial charge in [-0.15, -0.1) is 11.6 Å². The average Bonchev–Trinajstić information content (AvgIpc) is 2.27. The predicted molar refractivity (Wildman–Crippen MR) is 59.8 cm³/mol. The Balaban J connectivity index is 2.40. The molecule has 1 aromatic rings. The summed E-state index contributed by atoms with van der Waals surface area (Å²) in [6, 6.07) is 3.91. The normalized spacial score (nSPS) is 16.2. The van der Waals surface area contributed by atoms with Gasteiger partial charge in [-0.25, -0.2) is 0 Å². The maximum absolute atomic E-state index is 6.13. The van der Waals surface area contributed by atoms with Crippen LogP contribution in [0.3, 0.4) is 0 Å². The molecule has 1 unspecified atom stereocenters. The van der Waals surface area contributed by atoms with Crippen LogP contribution in [0, 0.1) is 6.92 Å². The van der Waals surface area contributed by atoms with Gasteiger partial charge in [0.05, 0.1) is 0 Å². The minimum absolute atomic E-state index is 0.194. The summed E-state index contributed by atoms with van der Waals surface area (Å²) in [4.78, 5) is 0. The van der Waals surface area contributed by atoms with Gasteiger partial charge >= 0.3 is 0 Å². The van der Waals surface area contributed by atoms with Gasteiger partial charge in [0.1, 0.15) is 18.7 Å². The van der Waals surface area contributed by atoms with Crippen LogP contribution in [0.2, 0.25) is 0 Å². The molecule has 15 heavy (non-hydrogen) atoms. The highest BCUT2D eigenvalue weighted by molar-refractivity contribution is 6.20. The lowest BCUT2D eigenvalue weighted by atomic mass is 10.1. The van der Waals surface area contributed by atoms with Crippen LogP contribution in [0.4, 0.5) is 0 Å². The molecule has 0 aliphatic carbocycles. The van der Waals surface area contributed by atoms with Crippen LogP contribution < -0.4 is 14.8 Å². The van der Waals surface area contributed by atoms with Crippen molar-refractivity contribution in [3.05, 3.63) is 23.3 Å². The van der Waals surface area contributed by atoms with Gasteiger partial charge in [0.15, 0.2) is 11.5 Å². The summed E-state index contributed by atoms with van der Waals surface area (Å²) in [5, 5.41) is 3.00. The molecule has 1 atom stereocenters. The molecule has 1 aliphatic rings. The van der Waals surface area contributed by atoms with Gasteiger partial charge in [0.2, 0.25) is 0 Å². The van der Waals surface area contributed by atoms with Crippen molar-refractivity contribution in [3.63, 3.8) is 0 Å². The first-order valence-corrected chi connectivity index (χ1v) is 5.37. The van der Waals surface area contributed by atoms with Crippen LogP contribution in [0.15, 0.2) is 12.1 Å². The van der Waals surface area contributed by atoms with E-state index in [1.807, 2.05) is 26.1 Å². The molecule has 0 amide bonds. The molecule has 0 saturated heterocycles. The summed E-state index contributed by atoms with van der Waals surface area (Å²) in [5.41, 5.74) is 1.94. The Morgan fingerprint density at radius 2 is 1.87 bits per heavy atom. The van der Waals surface area contributed by atoms with E-state index in [1.54, 1.807) is 0 Å². The van der Waals surface area contributed by atoms with E-state index in [9.17, 15) is 0 Å². The zero-order valence-corrected chi connectivity index (χ0v) is 9.60. The lowest BCUT2D eigenvalue weighted by molar-refractivity contribution is 0.171. The second-order valence-electron chi connectivity index (χ2n) is 3.50. The Labute approximate surface area is 94.3 Å². The molecule has 0 saturated carbocycles. The first-order chi connectivity index (χ1) is 7.22. The fourth-order valence-corrected chi connectivity index (χ4v) is 1.87. The lowest BCUT2D eigenvalue weighted by Crippen LogP contribution is -2.17. The molecule has 1 aliphatic heterocycles. The standard InChI is InChI=1S/C11H14ClNO2/c1-7-5-9-10(15-4-3-14-9)6-8(7)11(12)13-2/h5-6,11,13H,3-4H2,1-2H3. The van der Waals surface area contributed by atoms with Gasteiger partial charge in [-0.3, -0.25) is 0 Å². The molecular weight excluding hydrogens is 214 g/mol. The molecule has 0 fully saturated rings. The van der Waals surface area contributed by atoms with Crippen molar-refractivity contribution in [3.8, 4) is 11.5 Å². The van der Waals surface area contributed by atoms with E-state index in [-0.39, 0.29) is 5.50 Å². The quantitative estimate of drug-likeness (QED) is 0.621. The Morgan fingerprint density at radius 3 is 2.47 bits per heavy atom. The molecule has 3 nitrogen and oxygen atoms in total. The van der Waals surface area contributed by atoms with E-state index >= 15 is 0 Å². The molecule has 0 radical (unpaired) electrons. The minimum Gasteiger partial charge on any atom is -0.486 e. The maximum atomic E-state index is 6.13. The molecule has 0 spiro atoms. The topological polar surface area (TPSA) is 30.5 Å². The summed E-state index contributed by atoms with van der Waals surface area (Å²) in [6.07, 6.45) is 0. The number of nitrogens with one attached hydrogen (secondary N) is 1. The Bertz CT molecular complexity index is 368. The van der Waals surface area contributed by atoms with Gasteiger partial charge in [0, 0.05) is 0 Å². The Morgan fingerprint density at radius 1 is 1.27 bits per heavy atom. The van der Waals surface area contributed by atoms with Crippen molar-refractivity contribution in [2.45, 2.75) is 12.4 Å². The SMILES string of the molecule is CNC(Cl)c1cc2c(cc1C)OCCO2. The third-order valence-electron chi connectivity index (χ3n) is 2.46. The average molecular weight is 228 g/mol. The third kappa shape index (κ3) is 2.03. The van der Waals surface area contributed by atoms with Crippen molar-refractivity contribution in [2.75, 3.05) is 20.3 Å². The van der Waals surface area contributed by atoms with Crippen LogP contribution >= 0.6 is 11.6 Å². The van der Waals surface area contributed by atoms with Gasteiger partial charge in [0.25, 0.3) is 0 Å². The van der Waals surface area contributed by atoms with E-state index in [1.165, 1.54) is 0 Å². The van der Waals surface area contributed by atoms with Crippen LogP contribution in [-0.4, -0.2) is 20.3 Å². The maximum Gasteiger partial charge on any atom is 0.161 e. The molecule has 82 valence electrons. The van der Waals surface area contributed by atoms with E-state index in [0.29, 0.717) is 13.2 Å². The van der Waals surface area contributed by atoms with E-state index in [4.69, 9.17) is 21.1 Å². The fourth-order valence-electron chi connectivity index (χ4n) is 1.63. The van der Waals surface area contributed by atoms with Crippen molar-refractivity contribution in [1.82, 2.24) is 5.32 Å². The summed E-state index contributed by atoms with van der Waals surface area (Å²) < 4.78 is 11.0. The number of hydrogen-bond donors (Lipinski definition) is 1. The molecule has 2 rings (SSSR count). The van der Waals surface area contributed by atoms with Crippen LogP contribution in [0.25, 0.3) is 0 Å². The molecular formula is C11H14ClNO2. The summed E-state index contributed by atoms with van der Waals surface area (Å²) >= 11 is 6.13. The second-order valence-corrected chi connectivity index (χ2v) is 3.94. The Kier molecular flexibility index (Phi) is 3.03. The molecule has 0 aromatic heterocycles. The van der Waals surface area contributed by atoms with Crippen molar-refractivity contribution in [2.24, 2.45) is 0 Å². The first-order valence-electron chi connectivity index (χ1n) is 4.94. The van der Waals surface area contributed by atoms with Crippen LogP contribution in [0.5, 0.6) is 11.5 Å². The minimum atomic E-state index is -0.194. The predicted octanol–water partition coefficient (Wildman–Crippen LogP) is 2.22. The van der Waals surface area contributed by atoms with Gasteiger partial charge < -0.3 is 14.8 Å². The first kappa shape index (κ1) is 10.6. The van der Waals surface area contributed by atoms with E-state index in [0.717, 1.165) is 22.6 Å². The Hall–Kier alpha value is -0.930. The number of halogens is 1. The summed E-state index contributed by atoms with van der Waals surface area (Å²) in [6.45, 7) is 3.23. The number of benzene rings is 1. The highest BCUT2D eigenvalue weighted by Crippen LogP contribution is 2.35. The van der Waals surface area contributed by atoms with Crippen molar-refractivity contribution >= 4 is 11.6 Å². The van der Waals surface area contributed by atoms with Gasteiger partial charge in [-0.05, 0) is 37.2 Å². The fraction of sp³-hybridized carbons (Fsp3) is 0.455. The zero-order chi connectivity index (χ0) is 10.8. The third-order valence-corrected chi connectivity index (χ3v) is 2.91. The molecule has 1 N–H and O–H groups in total. The number of hydrogen-bond acceptors (Lipinski definition) is 3. The highest BCUT2D eigenvalue weighted by Gasteiger charge is 2.17. The lowest BCUT2D eigenvalue weighted by Gasteiger charge is -2.21. The van der Waals surface area contributed by atoms with Gasteiger partial charge in [-0.1, -0.05) is 0 Å². The summed E-state index contributed by atoms with van der Waals surface area (Å²) in [7, 11) is 1.83. The molecule has 1 aromatic carbocycles. The smallest absolute Gasteiger partial charge is 0.161 e. The molecule has 0 bridgehead atoms. The number of aryl methyl sites for hydroxylation is 1. The number of rotatable bonds is 2. The number of alkyl halides is 1. The van der Waals surface area contributed by atoms with Crippen molar-refractivity contribution in [1.29, 1.82) is 0 Å². The number of fused-ring (bicyclic) bond motifs is 1. The van der Waals surface area contributed by atoms with Crippen molar-refractivity contribution < 1.29 is 9.47 Å². The van der Waals surface area contributed by atoms with E-state index < -0.39 is 0 Å². The highest BCUT2D eigenvalue weighted by atomic mass is 35.5. The largest absolute Gasteiger partial charge is 0.486 e. The monoisotopic (exact) mass is 227 g/mol. The molecule has 1 heterocycles. The summed E-state index contributed by atoms with van der Waals surface area (Å²) in [5.74, 6) is 1.59. The van der Waals surface area contributed by atoms with Crippen LogP contribution in [0.1, 0.15) is 16.6 Å². The van der Waals surface area contributed by atoms with E-state index in [2.05, 4.69) is 5.32 Å². The van der Waals surface area contributed by atoms with Gasteiger partial charge in [-0.2, -0.15) is 0 Å². The second kappa shape index (κ2) is 4.29. The zero-order valence-electron chi connectivity index (χ0n) is 8.84. The number of ether oxygens (including phenoxy) is 2.